The van der Waals surface area contributed by atoms with Crippen molar-refractivity contribution in [1.29, 1.82) is 0 Å². The Kier molecular flexibility index (Phi) is 3.66. The van der Waals surface area contributed by atoms with E-state index in [0.717, 1.165) is 25.7 Å². The predicted octanol–water partition coefficient (Wildman–Crippen LogP) is 2.31. The largest absolute Gasteiger partial charge is 0.458 e. The lowest BCUT2D eigenvalue weighted by atomic mass is 9.98. The van der Waals surface area contributed by atoms with Crippen LogP contribution in [0.4, 0.5) is 0 Å². The quantitative estimate of drug-likeness (QED) is 0.407. The van der Waals surface area contributed by atoms with Crippen LogP contribution >= 0.6 is 12.6 Å². The van der Waals surface area contributed by atoms with Crippen molar-refractivity contribution in [2.24, 2.45) is 0 Å². The molecule has 0 heterocycles. The fourth-order valence-electron chi connectivity index (χ4n) is 1.40. The molecule has 0 amide bonds. The Morgan fingerprint density at radius 2 is 1.92 bits per heavy atom. The minimum atomic E-state index is -0.370. The van der Waals surface area contributed by atoms with Gasteiger partial charge in [0.1, 0.15) is 6.10 Å². The number of ether oxygens (including phenoxy) is 1. The van der Waals surface area contributed by atoms with E-state index in [0.29, 0.717) is 0 Å². The van der Waals surface area contributed by atoms with Crippen LogP contribution in [0.15, 0.2) is 11.5 Å². The third-order valence-corrected chi connectivity index (χ3v) is 2.24. The first kappa shape index (κ1) is 9.65. The first-order valence-corrected chi connectivity index (χ1v) is 4.73. The van der Waals surface area contributed by atoms with Crippen molar-refractivity contribution in [2.45, 2.75) is 38.2 Å². The van der Waals surface area contributed by atoms with Crippen molar-refractivity contribution in [3.8, 4) is 0 Å². The van der Waals surface area contributed by atoms with Crippen molar-refractivity contribution in [3.05, 3.63) is 11.5 Å². The van der Waals surface area contributed by atoms with Crippen LogP contribution in [-0.2, 0) is 9.53 Å². The maximum absolute atomic E-state index is 11.0. The monoisotopic (exact) mass is 186 g/mol. The molecule has 68 valence electrons. The third-order valence-electron chi connectivity index (χ3n) is 2.06. The van der Waals surface area contributed by atoms with Gasteiger partial charge in [0.15, 0.2) is 0 Å². The van der Waals surface area contributed by atoms with E-state index >= 15 is 0 Å². The molecular weight excluding hydrogens is 172 g/mol. The van der Waals surface area contributed by atoms with Crippen molar-refractivity contribution in [2.75, 3.05) is 0 Å². The predicted molar refractivity (Wildman–Crippen MR) is 51.1 cm³/mol. The zero-order chi connectivity index (χ0) is 8.97. The second-order valence-corrected chi connectivity index (χ2v) is 3.65. The highest BCUT2D eigenvalue weighted by molar-refractivity contribution is 7.85. The fraction of sp³-hybridized carbons (Fsp3) is 0.667. The van der Waals surface area contributed by atoms with Gasteiger partial charge in [0.2, 0.25) is 0 Å². The van der Waals surface area contributed by atoms with Gasteiger partial charge in [-0.05, 0) is 25.7 Å². The summed E-state index contributed by atoms with van der Waals surface area (Å²) in [7, 11) is 0. The van der Waals surface area contributed by atoms with Gasteiger partial charge in [-0.1, -0.05) is 13.0 Å². The van der Waals surface area contributed by atoms with Gasteiger partial charge in [-0.15, -0.1) is 12.6 Å². The lowest BCUT2D eigenvalue weighted by Gasteiger charge is -2.21. The molecule has 0 N–H and O–H groups in total. The summed E-state index contributed by atoms with van der Waals surface area (Å²) in [6.07, 6.45) is 5.68. The van der Waals surface area contributed by atoms with Crippen LogP contribution in [0, 0.1) is 0 Å². The smallest absolute Gasteiger partial charge is 0.343 e. The molecule has 2 nitrogen and oxygen atoms in total. The van der Waals surface area contributed by atoms with Gasteiger partial charge in [0.25, 0.3) is 0 Å². The molecule has 0 radical (unpaired) electrons. The standard InChI is InChI=1S/C9H14O2S/c1-7(12)9(10)11-8-5-3-2-4-6-8/h8,12H,1-6H2. The third kappa shape index (κ3) is 2.89. The van der Waals surface area contributed by atoms with E-state index in [1.54, 1.807) is 0 Å². The number of carbonyl (C=O) groups is 1. The van der Waals surface area contributed by atoms with Gasteiger partial charge in [-0.25, -0.2) is 4.79 Å². The highest BCUT2D eigenvalue weighted by Gasteiger charge is 2.17. The van der Waals surface area contributed by atoms with Crippen LogP contribution in [-0.4, -0.2) is 12.1 Å². The highest BCUT2D eigenvalue weighted by atomic mass is 32.1. The van der Waals surface area contributed by atoms with Crippen LogP contribution in [0.2, 0.25) is 0 Å². The molecule has 0 aromatic heterocycles. The summed E-state index contributed by atoms with van der Waals surface area (Å²) in [5.74, 6) is -0.370. The molecule has 3 heteroatoms. The van der Waals surface area contributed by atoms with Crippen LogP contribution < -0.4 is 0 Å². The SMILES string of the molecule is C=C(S)C(=O)OC1CCCCC1. The first-order chi connectivity index (χ1) is 5.70. The first-order valence-electron chi connectivity index (χ1n) is 4.29. The Hall–Kier alpha value is -0.440. The molecule has 1 aliphatic carbocycles. The lowest BCUT2D eigenvalue weighted by molar-refractivity contribution is -0.144. The lowest BCUT2D eigenvalue weighted by Crippen LogP contribution is -2.20. The number of carbonyl (C=O) groups excluding carboxylic acids is 1. The highest BCUT2D eigenvalue weighted by Crippen LogP contribution is 2.21. The molecule has 12 heavy (non-hydrogen) atoms. The summed E-state index contributed by atoms with van der Waals surface area (Å²) in [5, 5.41) is 0. The molecule has 1 fully saturated rings. The Morgan fingerprint density at radius 1 is 1.33 bits per heavy atom. The summed E-state index contributed by atoms with van der Waals surface area (Å²) >= 11 is 3.82. The van der Waals surface area contributed by atoms with Gasteiger partial charge in [-0.3, -0.25) is 0 Å². The fourth-order valence-corrected chi connectivity index (χ4v) is 1.46. The molecule has 1 rings (SSSR count). The normalized spacial score (nSPS) is 18.8. The van der Waals surface area contributed by atoms with E-state index in [9.17, 15) is 4.79 Å². The Morgan fingerprint density at radius 3 is 2.42 bits per heavy atom. The van der Waals surface area contributed by atoms with Crippen LogP contribution in [0.5, 0.6) is 0 Å². The Balaban J connectivity index is 2.29. The van der Waals surface area contributed by atoms with E-state index in [1.165, 1.54) is 6.42 Å². The van der Waals surface area contributed by atoms with Gasteiger partial charge in [-0.2, -0.15) is 0 Å². The molecule has 0 saturated heterocycles. The topological polar surface area (TPSA) is 26.3 Å². The summed E-state index contributed by atoms with van der Waals surface area (Å²) in [6.45, 7) is 3.41. The average molecular weight is 186 g/mol. The molecule has 1 saturated carbocycles. The van der Waals surface area contributed by atoms with Crippen molar-refractivity contribution in [1.82, 2.24) is 0 Å². The maximum Gasteiger partial charge on any atom is 0.343 e. The maximum atomic E-state index is 11.0. The van der Waals surface area contributed by atoms with Gasteiger partial charge >= 0.3 is 5.97 Å². The molecule has 0 aromatic rings. The molecule has 0 spiro atoms. The van der Waals surface area contributed by atoms with Crippen molar-refractivity contribution < 1.29 is 9.53 Å². The molecule has 0 aromatic carbocycles. The van der Waals surface area contributed by atoms with E-state index in [1.807, 2.05) is 0 Å². The second kappa shape index (κ2) is 4.55. The Labute approximate surface area is 78.4 Å². The van der Waals surface area contributed by atoms with Gasteiger partial charge in [0, 0.05) is 0 Å². The molecular formula is C9H14O2S. The molecule has 0 atom stereocenters. The van der Waals surface area contributed by atoms with E-state index < -0.39 is 0 Å². The van der Waals surface area contributed by atoms with Crippen molar-refractivity contribution in [3.63, 3.8) is 0 Å². The number of thiol groups is 1. The second-order valence-electron chi connectivity index (χ2n) is 3.11. The summed E-state index contributed by atoms with van der Waals surface area (Å²) in [5.41, 5.74) is 0. The van der Waals surface area contributed by atoms with Crippen LogP contribution in [0.1, 0.15) is 32.1 Å². The molecule has 0 unspecified atom stereocenters. The summed E-state index contributed by atoms with van der Waals surface area (Å²) in [4.78, 5) is 11.2. The number of hydrogen-bond donors (Lipinski definition) is 1. The minimum Gasteiger partial charge on any atom is -0.458 e. The van der Waals surface area contributed by atoms with Crippen LogP contribution in [0.25, 0.3) is 0 Å². The number of esters is 1. The van der Waals surface area contributed by atoms with Gasteiger partial charge < -0.3 is 4.74 Å². The van der Waals surface area contributed by atoms with E-state index in [2.05, 4.69) is 19.2 Å². The number of hydrogen-bond acceptors (Lipinski definition) is 3. The zero-order valence-electron chi connectivity index (χ0n) is 7.08. The number of rotatable bonds is 2. The van der Waals surface area contributed by atoms with E-state index in [-0.39, 0.29) is 17.0 Å². The van der Waals surface area contributed by atoms with E-state index in [4.69, 9.17) is 4.74 Å². The molecule has 1 aliphatic rings. The Bertz CT molecular complexity index is 183. The molecule has 0 aliphatic heterocycles. The minimum absolute atomic E-state index is 0.107. The molecule has 0 bridgehead atoms. The zero-order valence-corrected chi connectivity index (χ0v) is 7.98. The van der Waals surface area contributed by atoms with Crippen molar-refractivity contribution >= 4 is 18.6 Å². The van der Waals surface area contributed by atoms with Crippen LogP contribution in [0.3, 0.4) is 0 Å². The average Bonchev–Trinajstić information content (AvgIpc) is 2.06. The van der Waals surface area contributed by atoms with Gasteiger partial charge in [0.05, 0.1) is 4.91 Å². The summed E-state index contributed by atoms with van der Waals surface area (Å²) < 4.78 is 5.14. The summed E-state index contributed by atoms with van der Waals surface area (Å²) in [6, 6.07) is 0.